The number of nitrogens with zero attached hydrogens (tertiary/aromatic N) is 1. The van der Waals surface area contributed by atoms with Crippen LogP contribution < -0.4 is 4.90 Å². The van der Waals surface area contributed by atoms with Crippen LogP contribution >= 0.6 is 31.9 Å². The van der Waals surface area contributed by atoms with Gasteiger partial charge < -0.3 is 14.4 Å². The van der Waals surface area contributed by atoms with Crippen LogP contribution in [-0.2, 0) is 19.1 Å². The number of carbonyl (C=O) groups excluding carboxylic acids is 2. The van der Waals surface area contributed by atoms with Crippen LogP contribution in [-0.4, -0.2) is 26.2 Å². The molecule has 1 aromatic carbocycles. The van der Waals surface area contributed by atoms with Crippen LogP contribution in [0.1, 0.15) is 0 Å². The second kappa shape index (κ2) is 7.76. The molecule has 24 heavy (non-hydrogen) atoms. The van der Waals surface area contributed by atoms with E-state index in [1.165, 1.54) is 37.5 Å². The number of carbonyl (C=O) groups is 2. The molecule has 0 N–H and O–H groups in total. The summed E-state index contributed by atoms with van der Waals surface area (Å²) in [5.74, 6) is -2.15. The van der Waals surface area contributed by atoms with E-state index in [9.17, 15) is 14.0 Å². The minimum absolute atomic E-state index is 0.0523. The van der Waals surface area contributed by atoms with Gasteiger partial charge in [-0.15, -0.1) is 0 Å². The number of benzene rings is 1. The van der Waals surface area contributed by atoms with Gasteiger partial charge in [0.05, 0.1) is 25.5 Å². The molecule has 1 aliphatic rings. The van der Waals surface area contributed by atoms with Crippen LogP contribution in [0.15, 0.2) is 56.8 Å². The van der Waals surface area contributed by atoms with Gasteiger partial charge in [-0.2, -0.15) is 0 Å². The van der Waals surface area contributed by atoms with Crippen LogP contribution in [0.2, 0.25) is 0 Å². The Kier molecular flexibility index (Phi) is 5.95. The Labute approximate surface area is 154 Å². The molecule has 0 saturated carbocycles. The van der Waals surface area contributed by atoms with Gasteiger partial charge >= 0.3 is 11.9 Å². The van der Waals surface area contributed by atoms with Gasteiger partial charge in [-0.1, -0.05) is 22.0 Å². The second-order valence-corrected chi connectivity index (χ2v) is 6.30. The summed E-state index contributed by atoms with van der Waals surface area (Å²) in [7, 11) is 2.37. The maximum Gasteiger partial charge on any atom is 0.355 e. The molecule has 0 fully saturated rings. The van der Waals surface area contributed by atoms with Crippen molar-refractivity contribution in [1.82, 2.24) is 0 Å². The standard InChI is InChI=1S/C16H12Br2FNO4/c1-23-15(21)10-5-3-4-6-20(13(10)16(22)24-2)14-11(18)7-9(17)8-12(14)19/h3-8H,1-2H3. The Balaban J connectivity index is 2.75. The summed E-state index contributed by atoms with van der Waals surface area (Å²) >= 11 is 6.47. The van der Waals surface area contributed by atoms with Crippen molar-refractivity contribution in [2.24, 2.45) is 0 Å². The Morgan fingerprint density at radius 3 is 2.33 bits per heavy atom. The first-order valence-electron chi connectivity index (χ1n) is 6.60. The first-order chi connectivity index (χ1) is 11.4. The molecule has 0 atom stereocenters. The third-order valence-corrected chi connectivity index (χ3v) is 4.17. The molecule has 1 heterocycles. The van der Waals surface area contributed by atoms with Crippen molar-refractivity contribution in [1.29, 1.82) is 0 Å². The fraction of sp³-hybridized carbons (Fsp3) is 0.125. The summed E-state index contributed by atoms with van der Waals surface area (Å²) in [5.41, 5.74) is -0.153. The minimum atomic E-state index is -0.805. The highest BCUT2D eigenvalue weighted by Gasteiger charge is 2.30. The lowest BCUT2D eigenvalue weighted by atomic mass is 10.1. The molecule has 126 valence electrons. The molecule has 0 aromatic heterocycles. The fourth-order valence-electron chi connectivity index (χ4n) is 2.10. The molecule has 0 spiro atoms. The molecule has 1 aliphatic heterocycles. The molecule has 5 nitrogen and oxygen atoms in total. The Hall–Kier alpha value is -1.93. The lowest BCUT2D eigenvalue weighted by Gasteiger charge is -2.24. The van der Waals surface area contributed by atoms with Crippen LogP contribution in [0.3, 0.4) is 0 Å². The summed E-state index contributed by atoms with van der Waals surface area (Å²) in [6.07, 6.45) is 5.96. The number of ether oxygens (including phenoxy) is 2. The van der Waals surface area contributed by atoms with E-state index in [2.05, 4.69) is 31.9 Å². The number of anilines is 1. The summed E-state index contributed by atoms with van der Waals surface area (Å²) in [4.78, 5) is 25.6. The quantitative estimate of drug-likeness (QED) is 0.641. The van der Waals surface area contributed by atoms with Gasteiger partial charge in [0.15, 0.2) is 0 Å². The number of hydrogen-bond acceptors (Lipinski definition) is 5. The van der Waals surface area contributed by atoms with E-state index < -0.39 is 17.8 Å². The van der Waals surface area contributed by atoms with Gasteiger partial charge in [-0.25, -0.2) is 14.0 Å². The Morgan fingerprint density at radius 2 is 1.75 bits per heavy atom. The highest BCUT2D eigenvalue weighted by Crippen LogP contribution is 2.36. The molecule has 1 aromatic rings. The SMILES string of the molecule is COC(=O)C1=C(C(=O)OC)N(c2c(F)cc(Br)cc2Br)C=CC=C1. The highest BCUT2D eigenvalue weighted by atomic mass is 79.9. The van der Waals surface area contributed by atoms with Gasteiger partial charge in [0.2, 0.25) is 0 Å². The lowest BCUT2D eigenvalue weighted by Crippen LogP contribution is -2.27. The summed E-state index contributed by atoms with van der Waals surface area (Å²) in [6.45, 7) is 0. The predicted octanol–water partition coefficient (Wildman–Crippen LogP) is 3.84. The molecule has 0 amide bonds. The zero-order valence-corrected chi connectivity index (χ0v) is 15.9. The largest absolute Gasteiger partial charge is 0.465 e. The molecule has 2 rings (SSSR count). The van der Waals surface area contributed by atoms with Crippen LogP contribution in [0.5, 0.6) is 0 Å². The molecule has 0 aliphatic carbocycles. The summed E-state index contributed by atoms with van der Waals surface area (Å²) in [6, 6.07) is 2.87. The molecule has 0 unspecified atom stereocenters. The van der Waals surface area contributed by atoms with E-state index in [4.69, 9.17) is 9.47 Å². The second-order valence-electron chi connectivity index (χ2n) is 4.53. The van der Waals surface area contributed by atoms with Gasteiger partial charge in [0.25, 0.3) is 0 Å². The molecular formula is C16H12Br2FNO4. The number of methoxy groups -OCH3 is 2. The summed E-state index contributed by atoms with van der Waals surface area (Å²) in [5, 5.41) is 0. The van der Waals surface area contributed by atoms with Crippen molar-refractivity contribution in [3.05, 3.63) is 62.6 Å². The van der Waals surface area contributed by atoms with E-state index in [-0.39, 0.29) is 17.0 Å². The van der Waals surface area contributed by atoms with E-state index in [1.54, 1.807) is 18.2 Å². The molecular weight excluding hydrogens is 449 g/mol. The van der Waals surface area contributed by atoms with Crippen molar-refractivity contribution in [3.63, 3.8) is 0 Å². The van der Waals surface area contributed by atoms with E-state index >= 15 is 0 Å². The Morgan fingerprint density at radius 1 is 1.08 bits per heavy atom. The molecule has 0 radical (unpaired) electrons. The van der Waals surface area contributed by atoms with Crippen molar-refractivity contribution >= 4 is 49.5 Å². The lowest BCUT2D eigenvalue weighted by molar-refractivity contribution is -0.139. The van der Waals surface area contributed by atoms with Gasteiger partial charge in [-0.3, -0.25) is 0 Å². The van der Waals surface area contributed by atoms with Crippen molar-refractivity contribution < 1.29 is 23.5 Å². The van der Waals surface area contributed by atoms with Gasteiger partial charge in [0, 0.05) is 15.1 Å². The number of allylic oxidation sites excluding steroid dienone is 2. The average Bonchev–Trinajstić information content (AvgIpc) is 2.75. The third kappa shape index (κ3) is 3.59. The smallest absolute Gasteiger partial charge is 0.355 e. The van der Waals surface area contributed by atoms with E-state index in [1.807, 2.05) is 0 Å². The molecule has 0 saturated heterocycles. The first kappa shape index (κ1) is 18.4. The van der Waals surface area contributed by atoms with Gasteiger partial charge in [0.1, 0.15) is 11.5 Å². The van der Waals surface area contributed by atoms with E-state index in [0.717, 1.165) is 0 Å². The third-order valence-electron chi connectivity index (χ3n) is 3.11. The van der Waals surface area contributed by atoms with Crippen LogP contribution in [0.25, 0.3) is 0 Å². The maximum atomic E-state index is 14.5. The van der Waals surface area contributed by atoms with Crippen LogP contribution in [0, 0.1) is 5.82 Å². The zero-order chi connectivity index (χ0) is 17.9. The predicted molar refractivity (Wildman–Crippen MR) is 93.6 cm³/mol. The minimum Gasteiger partial charge on any atom is -0.465 e. The van der Waals surface area contributed by atoms with Crippen molar-refractivity contribution in [2.45, 2.75) is 0 Å². The topological polar surface area (TPSA) is 55.8 Å². The van der Waals surface area contributed by atoms with Crippen LogP contribution in [0.4, 0.5) is 10.1 Å². The zero-order valence-electron chi connectivity index (χ0n) is 12.7. The molecule has 8 heteroatoms. The van der Waals surface area contributed by atoms with Crippen molar-refractivity contribution in [2.75, 3.05) is 19.1 Å². The van der Waals surface area contributed by atoms with E-state index in [0.29, 0.717) is 8.95 Å². The normalized spacial score (nSPS) is 13.8. The maximum absolute atomic E-state index is 14.5. The number of halogens is 3. The number of esters is 2. The fourth-order valence-corrected chi connectivity index (χ4v) is 3.47. The van der Waals surface area contributed by atoms with Crippen molar-refractivity contribution in [3.8, 4) is 0 Å². The van der Waals surface area contributed by atoms with Gasteiger partial charge in [-0.05, 0) is 40.2 Å². The molecule has 0 bridgehead atoms. The highest BCUT2D eigenvalue weighted by molar-refractivity contribution is 9.11. The monoisotopic (exact) mass is 459 g/mol. The Bertz CT molecular complexity index is 763. The number of hydrogen-bond donors (Lipinski definition) is 0. The average molecular weight is 461 g/mol. The summed E-state index contributed by atoms with van der Waals surface area (Å²) < 4.78 is 24.9. The first-order valence-corrected chi connectivity index (χ1v) is 8.18. The number of rotatable bonds is 3.